The van der Waals surface area contributed by atoms with Crippen molar-refractivity contribution in [1.82, 2.24) is 14.8 Å². The molecule has 0 spiro atoms. The van der Waals surface area contributed by atoms with Gasteiger partial charge in [0.25, 0.3) is 0 Å². The van der Waals surface area contributed by atoms with Crippen molar-refractivity contribution in [2.45, 2.75) is 37.8 Å². The van der Waals surface area contributed by atoms with E-state index in [4.69, 9.17) is 0 Å². The molecule has 1 aromatic heterocycles. The molecule has 0 saturated heterocycles. The molecule has 0 aliphatic heterocycles. The summed E-state index contributed by atoms with van der Waals surface area (Å²) in [5, 5.41) is 1.13. The van der Waals surface area contributed by atoms with E-state index in [2.05, 4.69) is 11.1 Å². The van der Waals surface area contributed by atoms with Gasteiger partial charge in [0.2, 0.25) is 11.8 Å². The van der Waals surface area contributed by atoms with Crippen molar-refractivity contribution in [2.24, 2.45) is 0 Å². The van der Waals surface area contributed by atoms with Crippen molar-refractivity contribution < 1.29 is 14.0 Å². The lowest BCUT2D eigenvalue weighted by Gasteiger charge is -2.31. The second-order valence-electron chi connectivity index (χ2n) is 11.0. The molecule has 212 valence electrons. The molecular formula is C36H34FN3O2. The number of aromatic amines is 1. The Morgan fingerprint density at radius 2 is 1.43 bits per heavy atom. The number of aromatic nitrogens is 1. The molecule has 2 amide bonds. The van der Waals surface area contributed by atoms with Crippen LogP contribution in [-0.4, -0.2) is 45.7 Å². The number of benzene rings is 4. The van der Waals surface area contributed by atoms with Crippen LogP contribution in [-0.2, 0) is 22.6 Å². The van der Waals surface area contributed by atoms with Crippen molar-refractivity contribution in [3.63, 3.8) is 0 Å². The molecule has 4 aromatic carbocycles. The molecule has 6 rings (SSSR count). The highest BCUT2D eigenvalue weighted by atomic mass is 19.1. The first-order valence-corrected chi connectivity index (χ1v) is 14.5. The van der Waals surface area contributed by atoms with Gasteiger partial charge in [0.1, 0.15) is 12.4 Å². The van der Waals surface area contributed by atoms with E-state index in [9.17, 15) is 14.0 Å². The zero-order valence-electron chi connectivity index (χ0n) is 23.5. The molecule has 1 aliphatic carbocycles. The van der Waals surface area contributed by atoms with Crippen molar-refractivity contribution >= 4 is 22.7 Å². The number of H-pyrrole nitrogens is 1. The van der Waals surface area contributed by atoms with E-state index in [1.165, 1.54) is 12.1 Å². The first kappa shape index (κ1) is 27.5. The summed E-state index contributed by atoms with van der Waals surface area (Å²) in [5.74, 6) is -0.966. The third-order valence-corrected chi connectivity index (χ3v) is 8.05. The highest BCUT2D eigenvalue weighted by Gasteiger charge is 2.38. The molecular weight excluding hydrogens is 525 g/mol. The van der Waals surface area contributed by atoms with Gasteiger partial charge in [-0.25, -0.2) is 4.39 Å². The number of nitrogens with one attached hydrogen (secondary N) is 1. The summed E-state index contributed by atoms with van der Waals surface area (Å²) in [7, 11) is 0. The Labute approximate surface area is 245 Å². The second-order valence-corrected chi connectivity index (χ2v) is 11.0. The van der Waals surface area contributed by atoms with Gasteiger partial charge in [-0.1, -0.05) is 91.0 Å². The smallest absolute Gasteiger partial charge is 0.242 e. The predicted octanol–water partition coefficient (Wildman–Crippen LogP) is 6.70. The lowest BCUT2D eigenvalue weighted by molar-refractivity contribution is -0.141. The van der Waals surface area contributed by atoms with Gasteiger partial charge in [-0.3, -0.25) is 9.59 Å². The largest absolute Gasteiger partial charge is 0.361 e. The third kappa shape index (κ3) is 6.28. The summed E-state index contributed by atoms with van der Waals surface area (Å²) in [6.07, 6.45) is 4.44. The Morgan fingerprint density at radius 3 is 2.07 bits per heavy atom. The topological polar surface area (TPSA) is 56.4 Å². The number of hydrogen-bond donors (Lipinski definition) is 1. The van der Waals surface area contributed by atoms with Crippen molar-refractivity contribution in [3.8, 4) is 0 Å². The van der Waals surface area contributed by atoms with E-state index in [-0.39, 0.29) is 30.2 Å². The Morgan fingerprint density at radius 1 is 0.810 bits per heavy atom. The molecule has 1 aliphatic rings. The molecule has 6 heteroatoms. The zero-order valence-corrected chi connectivity index (χ0v) is 23.5. The average Bonchev–Trinajstić information content (AvgIpc) is 3.79. The summed E-state index contributed by atoms with van der Waals surface area (Å²) in [6.45, 7) is 0.829. The number of carbonyl (C=O) groups is 2. The number of hydrogen-bond acceptors (Lipinski definition) is 2. The van der Waals surface area contributed by atoms with Crippen LogP contribution in [0.1, 0.15) is 41.0 Å². The standard InChI is InChI=1S/C36H34FN3O2/c37-30-17-15-26(16-18-30)24-39(22-21-29-23-38-33-14-8-7-13-32(29)33)34(41)25-40(31-19-20-31)36(42)35(27-9-3-1-4-10-27)28-11-5-2-6-12-28/h1-18,23,31,35,38H,19-22,24-25H2. The zero-order chi connectivity index (χ0) is 28.9. The Hall–Kier alpha value is -4.71. The number of amides is 2. The minimum Gasteiger partial charge on any atom is -0.361 e. The van der Waals surface area contributed by atoms with Crippen LogP contribution in [0.5, 0.6) is 0 Å². The molecule has 1 heterocycles. The van der Waals surface area contributed by atoms with Crippen LogP contribution in [0, 0.1) is 5.82 Å². The average molecular weight is 560 g/mol. The minimum absolute atomic E-state index is 0.00868. The summed E-state index contributed by atoms with van der Waals surface area (Å²) in [5.41, 5.74) is 4.86. The maximum Gasteiger partial charge on any atom is 0.242 e. The highest BCUT2D eigenvalue weighted by molar-refractivity contribution is 5.91. The molecule has 5 aromatic rings. The third-order valence-electron chi connectivity index (χ3n) is 8.05. The van der Waals surface area contributed by atoms with Crippen molar-refractivity contribution in [1.29, 1.82) is 0 Å². The molecule has 1 fully saturated rings. The lowest BCUT2D eigenvalue weighted by atomic mass is 9.90. The van der Waals surface area contributed by atoms with Crippen LogP contribution < -0.4 is 0 Å². The number of halogens is 1. The van der Waals surface area contributed by atoms with E-state index in [0.29, 0.717) is 19.5 Å². The number of carbonyl (C=O) groups excluding carboxylic acids is 2. The van der Waals surface area contributed by atoms with Crippen molar-refractivity contribution in [2.75, 3.05) is 13.1 Å². The number of nitrogens with zero attached hydrogens (tertiary/aromatic N) is 2. The lowest BCUT2D eigenvalue weighted by Crippen LogP contribution is -2.46. The second kappa shape index (κ2) is 12.4. The van der Waals surface area contributed by atoms with Gasteiger partial charge in [-0.05, 0) is 59.7 Å². The number of para-hydroxylation sites is 1. The summed E-state index contributed by atoms with van der Waals surface area (Å²) in [6, 6.07) is 34.0. The fraction of sp³-hybridized carbons (Fsp3) is 0.222. The maximum atomic E-state index is 14.3. The van der Waals surface area contributed by atoms with Crippen LogP contribution in [0.15, 0.2) is 115 Å². The van der Waals surface area contributed by atoms with Gasteiger partial charge in [0.05, 0.1) is 5.92 Å². The van der Waals surface area contributed by atoms with Gasteiger partial charge >= 0.3 is 0 Å². The van der Waals surface area contributed by atoms with Crippen molar-refractivity contribution in [3.05, 3.63) is 143 Å². The SMILES string of the molecule is O=C(CN(C(=O)C(c1ccccc1)c1ccccc1)C1CC1)N(CCc1c[nH]c2ccccc12)Cc1ccc(F)cc1. The van der Waals surface area contributed by atoms with E-state index >= 15 is 0 Å². The predicted molar refractivity (Wildman–Crippen MR) is 163 cm³/mol. The van der Waals surface area contributed by atoms with Crippen LogP contribution >= 0.6 is 0 Å². The fourth-order valence-corrected chi connectivity index (χ4v) is 5.65. The molecule has 1 N–H and O–H groups in total. The van der Waals surface area contributed by atoms with E-state index in [0.717, 1.165) is 46.0 Å². The van der Waals surface area contributed by atoms with Gasteiger partial charge in [-0.15, -0.1) is 0 Å². The van der Waals surface area contributed by atoms with E-state index in [1.54, 1.807) is 21.9 Å². The van der Waals surface area contributed by atoms with Gasteiger partial charge in [-0.2, -0.15) is 0 Å². The van der Waals surface area contributed by atoms with Crippen LogP contribution in [0.3, 0.4) is 0 Å². The highest BCUT2D eigenvalue weighted by Crippen LogP contribution is 2.33. The maximum absolute atomic E-state index is 14.3. The van der Waals surface area contributed by atoms with Gasteiger partial charge in [0, 0.05) is 36.2 Å². The Bertz CT molecular complexity index is 1610. The van der Waals surface area contributed by atoms with E-state index in [1.807, 2.05) is 85.1 Å². The quantitative estimate of drug-likeness (QED) is 0.196. The summed E-state index contributed by atoms with van der Waals surface area (Å²) < 4.78 is 13.6. The molecule has 5 nitrogen and oxygen atoms in total. The molecule has 0 unspecified atom stereocenters. The molecule has 42 heavy (non-hydrogen) atoms. The summed E-state index contributed by atoms with van der Waals surface area (Å²) >= 11 is 0. The Kier molecular flexibility index (Phi) is 8.13. The first-order chi connectivity index (χ1) is 20.6. The van der Waals surface area contributed by atoms with Gasteiger partial charge < -0.3 is 14.8 Å². The van der Waals surface area contributed by atoms with Crippen LogP contribution in [0.25, 0.3) is 10.9 Å². The normalized spacial score (nSPS) is 12.9. The van der Waals surface area contributed by atoms with Crippen LogP contribution in [0.2, 0.25) is 0 Å². The number of rotatable bonds is 11. The number of fused-ring (bicyclic) bond motifs is 1. The fourth-order valence-electron chi connectivity index (χ4n) is 5.65. The Balaban J connectivity index is 1.26. The first-order valence-electron chi connectivity index (χ1n) is 14.5. The molecule has 0 atom stereocenters. The van der Waals surface area contributed by atoms with Gasteiger partial charge in [0.15, 0.2) is 0 Å². The monoisotopic (exact) mass is 559 g/mol. The van der Waals surface area contributed by atoms with Crippen LogP contribution in [0.4, 0.5) is 4.39 Å². The molecule has 0 bridgehead atoms. The van der Waals surface area contributed by atoms with E-state index < -0.39 is 5.92 Å². The molecule has 0 radical (unpaired) electrons. The summed E-state index contributed by atoms with van der Waals surface area (Å²) in [4.78, 5) is 35.2. The minimum atomic E-state index is -0.488. The molecule has 1 saturated carbocycles.